The number of hydrogen-bond donors (Lipinski definition) is 1. The van der Waals surface area contributed by atoms with E-state index in [0.29, 0.717) is 20.6 Å². The smallest absolute Gasteiger partial charge is 0.264 e. The minimum absolute atomic E-state index is 0.00180. The predicted molar refractivity (Wildman–Crippen MR) is 148 cm³/mol. The summed E-state index contributed by atoms with van der Waals surface area (Å²) in [6.45, 7) is 2.78. The number of benzene rings is 3. The van der Waals surface area contributed by atoms with Crippen molar-refractivity contribution in [2.24, 2.45) is 0 Å². The van der Waals surface area contributed by atoms with Crippen LogP contribution in [0.3, 0.4) is 0 Å². The zero-order chi connectivity index (χ0) is 27.3. The van der Waals surface area contributed by atoms with Crippen LogP contribution >= 0.6 is 34.8 Å². The van der Waals surface area contributed by atoms with Crippen LogP contribution in [0.2, 0.25) is 15.1 Å². The van der Waals surface area contributed by atoms with Crippen molar-refractivity contribution in [3.05, 3.63) is 92.9 Å². The van der Waals surface area contributed by atoms with Crippen LogP contribution < -0.4 is 9.62 Å². The number of hydrogen-bond acceptors (Lipinski definition) is 4. The van der Waals surface area contributed by atoms with Gasteiger partial charge in [0.1, 0.15) is 12.6 Å². The Bertz CT molecular complexity index is 1400. The molecule has 0 fully saturated rings. The van der Waals surface area contributed by atoms with Crippen LogP contribution in [0.25, 0.3) is 0 Å². The molecule has 0 radical (unpaired) electrons. The summed E-state index contributed by atoms with van der Waals surface area (Å²) >= 11 is 18.5. The Hall–Kier alpha value is -2.78. The van der Waals surface area contributed by atoms with Gasteiger partial charge in [0, 0.05) is 18.6 Å². The van der Waals surface area contributed by atoms with Gasteiger partial charge in [-0.05, 0) is 61.4 Å². The highest BCUT2D eigenvalue weighted by Crippen LogP contribution is 2.29. The largest absolute Gasteiger partial charge is 0.357 e. The summed E-state index contributed by atoms with van der Waals surface area (Å²) in [4.78, 5) is 27.5. The Labute approximate surface area is 232 Å². The highest BCUT2D eigenvalue weighted by atomic mass is 35.5. The molecule has 1 atom stereocenters. The van der Waals surface area contributed by atoms with Gasteiger partial charge >= 0.3 is 0 Å². The van der Waals surface area contributed by atoms with Gasteiger partial charge in [-0.15, -0.1) is 0 Å². The van der Waals surface area contributed by atoms with Crippen molar-refractivity contribution in [3.63, 3.8) is 0 Å². The van der Waals surface area contributed by atoms with Crippen LogP contribution in [-0.2, 0) is 26.2 Å². The van der Waals surface area contributed by atoms with E-state index in [1.807, 2.05) is 0 Å². The molecule has 1 N–H and O–H groups in total. The Balaban J connectivity index is 2.05. The molecular weight excluding hydrogens is 557 g/mol. The fraction of sp³-hybridized carbons (Fsp3) is 0.231. The molecule has 0 aliphatic heterocycles. The molecule has 0 aliphatic carbocycles. The second kappa shape index (κ2) is 12.2. The third kappa shape index (κ3) is 6.76. The number of carbonyl (C=O) groups excluding carboxylic acids is 2. The lowest BCUT2D eigenvalue weighted by molar-refractivity contribution is -0.139. The summed E-state index contributed by atoms with van der Waals surface area (Å²) < 4.78 is 28.4. The SMILES string of the molecule is CNC(=O)C(C)N(Cc1ccc(Cl)c(Cl)c1)C(=O)CN(c1ccc(C)c(Cl)c1)S(=O)(=O)c1ccccc1. The second-order valence-corrected chi connectivity index (χ2v) is 11.4. The topological polar surface area (TPSA) is 86.8 Å². The minimum Gasteiger partial charge on any atom is -0.357 e. The monoisotopic (exact) mass is 581 g/mol. The third-order valence-electron chi connectivity index (χ3n) is 5.80. The highest BCUT2D eigenvalue weighted by molar-refractivity contribution is 7.92. The molecule has 196 valence electrons. The lowest BCUT2D eigenvalue weighted by Crippen LogP contribution is -2.50. The number of nitrogens with zero attached hydrogens (tertiary/aromatic N) is 2. The summed E-state index contributed by atoms with van der Waals surface area (Å²) in [7, 11) is -2.70. The van der Waals surface area contributed by atoms with E-state index in [9.17, 15) is 18.0 Å². The van der Waals surface area contributed by atoms with Crippen LogP contribution in [0, 0.1) is 6.92 Å². The molecule has 3 aromatic rings. The maximum Gasteiger partial charge on any atom is 0.264 e. The fourth-order valence-corrected chi connectivity index (χ4v) is 5.53. The molecule has 37 heavy (non-hydrogen) atoms. The molecule has 3 rings (SSSR count). The molecule has 0 aliphatic rings. The lowest BCUT2D eigenvalue weighted by Gasteiger charge is -2.32. The number of amides is 2. The van der Waals surface area contributed by atoms with Gasteiger partial charge in [-0.1, -0.05) is 65.1 Å². The van der Waals surface area contributed by atoms with Crippen molar-refractivity contribution in [1.82, 2.24) is 10.2 Å². The van der Waals surface area contributed by atoms with Crippen molar-refractivity contribution in [2.75, 3.05) is 17.9 Å². The molecule has 3 aromatic carbocycles. The van der Waals surface area contributed by atoms with Gasteiger partial charge in [-0.25, -0.2) is 8.42 Å². The van der Waals surface area contributed by atoms with Gasteiger partial charge in [0.05, 0.1) is 20.6 Å². The normalized spacial score (nSPS) is 12.1. The number of nitrogens with one attached hydrogen (secondary N) is 1. The van der Waals surface area contributed by atoms with E-state index < -0.39 is 34.4 Å². The quantitative estimate of drug-likeness (QED) is 0.370. The van der Waals surface area contributed by atoms with E-state index in [1.165, 1.54) is 30.1 Å². The first-order chi connectivity index (χ1) is 17.4. The number of anilines is 1. The fourth-order valence-electron chi connectivity index (χ4n) is 3.61. The molecule has 11 heteroatoms. The van der Waals surface area contributed by atoms with E-state index in [-0.39, 0.29) is 17.1 Å². The lowest BCUT2D eigenvalue weighted by atomic mass is 10.1. The molecule has 0 spiro atoms. The first kappa shape index (κ1) is 28.8. The van der Waals surface area contributed by atoms with Crippen molar-refractivity contribution in [3.8, 4) is 0 Å². The maximum atomic E-state index is 13.7. The van der Waals surface area contributed by atoms with E-state index in [2.05, 4.69) is 5.32 Å². The number of halogens is 3. The maximum absolute atomic E-state index is 13.7. The molecule has 0 heterocycles. The molecule has 7 nitrogen and oxygen atoms in total. The molecular formula is C26H26Cl3N3O4S. The molecule has 1 unspecified atom stereocenters. The number of carbonyl (C=O) groups is 2. The number of rotatable bonds is 9. The molecule has 0 saturated carbocycles. The van der Waals surface area contributed by atoms with Gasteiger partial charge in [0.25, 0.3) is 10.0 Å². The standard InChI is InChI=1S/C26H26Cl3N3O4S/c1-17-9-11-20(14-23(17)28)32(37(35,36)21-7-5-4-6-8-21)16-25(33)31(18(2)26(34)30-3)15-19-10-12-22(27)24(29)13-19/h4-14,18H,15-16H2,1-3H3,(H,30,34). The Kier molecular flexibility index (Phi) is 9.47. The predicted octanol–water partition coefficient (Wildman–Crippen LogP) is 5.31. The second-order valence-electron chi connectivity index (χ2n) is 8.32. The molecule has 2 amide bonds. The Morgan fingerprint density at radius 2 is 1.59 bits per heavy atom. The van der Waals surface area contributed by atoms with Crippen LogP contribution in [-0.4, -0.2) is 44.8 Å². The summed E-state index contributed by atoms with van der Waals surface area (Å²) in [5.74, 6) is -1.01. The molecule has 0 aromatic heterocycles. The Morgan fingerprint density at radius 3 is 2.19 bits per heavy atom. The van der Waals surface area contributed by atoms with Gasteiger partial charge in [-0.2, -0.15) is 0 Å². The Morgan fingerprint density at radius 1 is 0.919 bits per heavy atom. The van der Waals surface area contributed by atoms with Crippen LogP contribution in [0.4, 0.5) is 5.69 Å². The molecule has 0 bridgehead atoms. The van der Waals surface area contributed by atoms with Gasteiger partial charge in [-0.3, -0.25) is 13.9 Å². The van der Waals surface area contributed by atoms with E-state index in [1.54, 1.807) is 62.4 Å². The average molecular weight is 583 g/mol. The van der Waals surface area contributed by atoms with Crippen molar-refractivity contribution in [1.29, 1.82) is 0 Å². The average Bonchev–Trinajstić information content (AvgIpc) is 2.89. The molecule has 0 saturated heterocycles. The first-order valence-corrected chi connectivity index (χ1v) is 13.8. The minimum atomic E-state index is -4.16. The summed E-state index contributed by atoms with van der Waals surface area (Å²) in [5, 5.41) is 3.52. The van der Waals surface area contributed by atoms with E-state index >= 15 is 0 Å². The van der Waals surface area contributed by atoms with Crippen molar-refractivity contribution >= 4 is 62.3 Å². The van der Waals surface area contributed by atoms with Crippen LogP contribution in [0.15, 0.2) is 71.6 Å². The number of likely N-dealkylation sites (N-methyl/N-ethyl adjacent to an activating group) is 1. The zero-order valence-electron chi connectivity index (χ0n) is 20.4. The van der Waals surface area contributed by atoms with Gasteiger partial charge in [0.2, 0.25) is 11.8 Å². The first-order valence-electron chi connectivity index (χ1n) is 11.2. The van der Waals surface area contributed by atoms with Crippen LogP contribution in [0.5, 0.6) is 0 Å². The number of aryl methyl sites for hydroxylation is 1. The van der Waals surface area contributed by atoms with E-state index in [4.69, 9.17) is 34.8 Å². The van der Waals surface area contributed by atoms with E-state index in [0.717, 1.165) is 9.87 Å². The van der Waals surface area contributed by atoms with Gasteiger partial charge < -0.3 is 10.2 Å². The summed E-state index contributed by atoms with van der Waals surface area (Å²) in [6, 6.07) is 16.5. The van der Waals surface area contributed by atoms with Gasteiger partial charge in [0.15, 0.2) is 0 Å². The van der Waals surface area contributed by atoms with Crippen LogP contribution in [0.1, 0.15) is 18.1 Å². The van der Waals surface area contributed by atoms with Crippen molar-refractivity contribution < 1.29 is 18.0 Å². The zero-order valence-corrected chi connectivity index (χ0v) is 23.5. The highest BCUT2D eigenvalue weighted by Gasteiger charge is 2.32. The summed E-state index contributed by atoms with van der Waals surface area (Å²) in [5.41, 5.74) is 1.59. The number of sulfonamides is 1. The van der Waals surface area contributed by atoms with Crippen molar-refractivity contribution in [2.45, 2.75) is 31.3 Å². The third-order valence-corrected chi connectivity index (χ3v) is 8.74. The summed E-state index contributed by atoms with van der Waals surface area (Å²) in [6.07, 6.45) is 0.